The first kappa shape index (κ1) is 27.9. The molecule has 5 aliphatic rings. The predicted molar refractivity (Wildman–Crippen MR) is 148 cm³/mol. The summed E-state index contributed by atoms with van der Waals surface area (Å²) in [6.45, 7) is 20.4. The molecule has 0 spiro atoms. The summed E-state index contributed by atoms with van der Waals surface area (Å²) >= 11 is 0. The van der Waals surface area contributed by atoms with E-state index in [1.54, 1.807) is 0 Å². The first-order chi connectivity index (χ1) is 17.3. The summed E-state index contributed by atoms with van der Waals surface area (Å²) < 4.78 is 12.9. The van der Waals surface area contributed by atoms with Gasteiger partial charge in [0.1, 0.15) is 0 Å². The van der Waals surface area contributed by atoms with Crippen molar-refractivity contribution in [2.45, 2.75) is 125 Å². The second-order valence-electron chi connectivity index (χ2n) is 15.6. The highest BCUT2D eigenvalue weighted by Gasteiger charge is 2.74. The van der Waals surface area contributed by atoms with Crippen LogP contribution in [0.5, 0.6) is 0 Å². The van der Waals surface area contributed by atoms with Crippen molar-refractivity contribution in [3.8, 4) is 0 Å². The number of fused-ring (bicyclic) bond motifs is 7. The van der Waals surface area contributed by atoms with E-state index in [1.165, 1.54) is 19.3 Å². The lowest BCUT2D eigenvalue weighted by molar-refractivity contribution is -0.295. The van der Waals surface area contributed by atoms with Crippen LogP contribution < -0.4 is 0 Å². The maximum Gasteiger partial charge on any atom is 0.309 e. The Kier molecular flexibility index (Phi) is 6.76. The van der Waals surface area contributed by atoms with Crippen LogP contribution in [0, 0.1) is 62.6 Å². The highest BCUT2D eigenvalue weighted by molar-refractivity contribution is 5.75. The van der Waals surface area contributed by atoms with Crippen LogP contribution >= 0.6 is 0 Å². The molecule has 5 rings (SSSR count). The Morgan fingerprint density at radius 3 is 2.22 bits per heavy atom. The number of hydrogen-bond donors (Lipinski definition) is 1. The second kappa shape index (κ2) is 8.95. The fourth-order valence-electron chi connectivity index (χ4n) is 12.4. The van der Waals surface area contributed by atoms with Gasteiger partial charge in [0.25, 0.3) is 0 Å². The fourth-order valence-corrected chi connectivity index (χ4v) is 12.4. The second-order valence-corrected chi connectivity index (χ2v) is 15.6. The molecular weight excluding hydrogens is 460 g/mol. The van der Waals surface area contributed by atoms with E-state index in [1.807, 2.05) is 7.11 Å². The van der Waals surface area contributed by atoms with E-state index in [4.69, 9.17) is 9.47 Å². The van der Waals surface area contributed by atoms with Crippen molar-refractivity contribution < 1.29 is 19.4 Å². The lowest BCUT2D eigenvalue weighted by Crippen LogP contribution is -2.72. The Hall–Kier alpha value is -0.610. The average Bonchev–Trinajstić information content (AvgIpc) is 2.83. The monoisotopic (exact) mass is 516 g/mol. The van der Waals surface area contributed by atoms with Crippen molar-refractivity contribution in [3.63, 3.8) is 0 Å². The topological polar surface area (TPSA) is 55.8 Å². The molecule has 5 fully saturated rings. The third kappa shape index (κ3) is 3.42. The summed E-state index contributed by atoms with van der Waals surface area (Å²) in [7, 11) is 1.95. The molecule has 37 heavy (non-hydrogen) atoms. The first-order valence-electron chi connectivity index (χ1n) is 15.6. The van der Waals surface area contributed by atoms with Gasteiger partial charge in [-0.15, -0.1) is 0 Å². The van der Waals surface area contributed by atoms with Crippen molar-refractivity contribution >= 4 is 5.97 Å². The van der Waals surface area contributed by atoms with Crippen molar-refractivity contribution in [3.05, 3.63) is 0 Å². The molecule has 5 saturated carbocycles. The van der Waals surface area contributed by atoms with Crippen LogP contribution in [-0.2, 0) is 14.3 Å². The predicted octanol–water partition coefficient (Wildman–Crippen LogP) is 7.84. The van der Waals surface area contributed by atoms with Gasteiger partial charge in [0.05, 0.1) is 17.6 Å². The maximum atomic E-state index is 13.0. The zero-order valence-corrected chi connectivity index (χ0v) is 25.4. The van der Waals surface area contributed by atoms with E-state index in [-0.39, 0.29) is 33.7 Å². The molecule has 212 valence electrons. The van der Waals surface area contributed by atoms with Gasteiger partial charge in [-0.1, -0.05) is 48.5 Å². The molecule has 12 atom stereocenters. The molecule has 1 N–H and O–H groups in total. The van der Waals surface area contributed by atoms with Gasteiger partial charge in [0, 0.05) is 19.1 Å². The maximum absolute atomic E-state index is 13.0. The van der Waals surface area contributed by atoms with E-state index in [2.05, 4.69) is 55.4 Å². The van der Waals surface area contributed by atoms with Gasteiger partial charge in [0.2, 0.25) is 0 Å². The number of aliphatic carboxylic acids is 1. The molecule has 5 aliphatic carbocycles. The summed E-state index contributed by atoms with van der Waals surface area (Å²) in [5.41, 5.74) is 0.00926. The average molecular weight is 517 g/mol. The van der Waals surface area contributed by atoms with Gasteiger partial charge in [-0.3, -0.25) is 4.79 Å². The van der Waals surface area contributed by atoms with Crippen molar-refractivity contribution in [1.82, 2.24) is 0 Å². The lowest BCUT2D eigenvalue weighted by Gasteiger charge is -2.75. The number of carbonyl (C=O) groups is 1. The Morgan fingerprint density at radius 1 is 0.892 bits per heavy atom. The summed E-state index contributed by atoms with van der Waals surface area (Å²) in [6.07, 6.45) is 10.2. The standard InChI is InChI=1S/C33H56O4/c1-10-37-25-14-15-30(6)23-12-11-22-27-21(3)20(2)13-16-33(27,28(34)35)18-17-31(22,7)32(23,8)26(36-9)19-24(30)29(25,4)5/h20-27H,10-19H2,1-9H3,(H,34,35). The van der Waals surface area contributed by atoms with Crippen LogP contribution in [0.3, 0.4) is 0 Å². The molecule has 4 nitrogen and oxygen atoms in total. The van der Waals surface area contributed by atoms with E-state index in [0.717, 1.165) is 45.1 Å². The van der Waals surface area contributed by atoms with Crippen LogP contribution in [0.1, 0.15) is 113 Å². The Balaban J connectivity index is 1.59. The number of carboxylic acids is 1. The SMILES string of the molecule is CCOC1CCC2(C)C(CC(OC)C3(C)C2CCC2C4C(C)C(C)CCC4(C(=O)O)CCC23C)C1(C)C. The number of rotatable bonds is 4. The molecule has 0 aromatic heterocycles. The number of methoxy groups -OCH3 is 1. The molecule has 0 aliphatic heterocycles. The fraction of sp³-hybridized carbons (Fsp3) is 0.970. The zero-order valence-electron chi connectivity index (χ0n) is 25.4. The molecule has 4 heteroatoms. The largest absolute Gasteiger partial charge is 0.481 e. The van der Waals surface area contributed by atoms with E-state index in [0.29, 0.717) is 35.7 Å². The van der Waals surface area contributed by atoms with Crippen molar-refractivity contribution in [2.24, 2.45) is 62.6 Å². The van der Waals surface area contributed by atoms with Gasteiger partial charge in [0.15, 0.2) is 0 Å². The molecule has 0 bridgehead atoms. The summed E-state index contributed by atoms with van der Waals surface area (Å²) in [4.78, 5) is 13.0. The quantitative estimate of drug-likeness (QED) is 0.413. The molecule has 0 radical (unpaired) electrons. The molecule has 0 saturated heterocycles. The molecule has 0 aromatic rings. The van der Waals surface area contributed by atoms with E-state index < -0.39 is 11.4 Å². The van der Waals surface area contributed by atoms with E-state index >= 15 is 0 Å². The van der Waals surface area contributed by atoms with E-state index in [9.17, 15) is 9.90 Å². The van der Waals surface area contributed by atoms with Gasteiger partial charge in [-0.2, -0.15) is 0 Å². The molecule has 12 unspecified atom stereocenters. The zero-order chi connectivity index (χ0) is 27.2. The van der Waals surface area contributed by atoms with Crippen molar-refractivity contribution in [1.29, 1.82) is 0 Å². The van der Waals surface area contributed by atoms with Crippen LogP contribution in [0.4, 0.5) is 0 Å². The third-order valence-corrected chi connectivity index (χ3v) is 14.7. The summed E-state index contributed by atoms with van der Waals surface area (Å²) in [5.74, 6) is 2.46. The van der Waals surface area contributed by atoms with Gasteiger partial charge >= 0.3 is 5.97 Å². The normalized spacial score (nSPS) is 54.8. The molecule has 0 heterocycles. The first-order valence-corrected chi connectivity index (χ1v) is 15.6. The van der Waals surface area contributed by atoms with Crippen LogP contribution in [0.15, 0.2) is 0 Å². The van der Waals surface area contributed by atoms with Crippen LogP contribution in [0.25, 0.3) is 0 Å². The number of hydrogen-bond acceptors (Lipinski definition) is 3. The highest BCUT2D eigenvalue weighted by Crippen LogP contribution is 2.77. The third-order valence-electron chi connectivity index (χ3n) is 14.7. The highest BCUT2D eigenvalue weighted by atomic mass is 16.5. The summed E-state index contributed by atoms with van der Waals surface area (Å²) in [6, 6.07) is 0. The Morgan fingerprint density at radius 2 is 1.59 bits per heavy atom. The Bertz CT molecular complexity index is 899. The van der Waals surface area contributed by atoms with Crippen LogP contribution in [-0.4, -0.2) is 37.0 Å². The number of ether oxygens (including phenoxy) is 2. The smallest absolute Gasteiger partial charge is 0.309 e. The minimum Gasteiger partial charge on any atom is -0.481 e. The van der Waals surface area contributed by atoms with Gasteiger partial charge in [-0.25, -0.2) is 0 Å². The lowest BCUT2D eigenvalue weighted by atomic mass is 9.30. The van der Waals surface area contributed by atoms with Gasteiger partial charge in [-0.05, 0) is 116 Å². The van der Waals surface area contributed by atoms with Gasteiger partial charge < -0.3 is 14.6 Å². The minimum absolute atomic E-state index is 0.0511. The molecule has 0 amide bonds. The van der Waals surface area contributed by atoms with Crippen molar-refractivity contribution in [2.75, 3.05) is 13.7 Å². The summed E-state index contributed by atoms with van der Waals surface area (Å²) in [5, 5.41) is 10.7. The number of carboxylic acid groups (broad SMARTS) is 1. The molecular formula is C33H56O4. The minimum atomic E-state index is -0.527. The molecule has 0 aromatic carbocycles. The Labute approximate surface area is 227 Å². The van der Waals surface area contributed by atoms with Crippen LogP contribution in [0.2, 0.25) is 0 Å².